The summed E-state index contributed by atoms with van der Waals surface area (Å²) in [6.07, 6.45) is 54.2. The Hall–Kier alpha value is -1.54. The number of phosphoric acid groups is 1. The third-order valence-corrected chi connectivity index (χ3v) is 11.6. The maximum absolute atomic E-state index is 12.7. The van der Waals surface area contributed by atoms with Crippen LogP contribution in [0.3, 0.4) is 0 Å². The summed E-state index contributed by atoms with van der Waals surface area (Å²) in [5.41, 5.74) is 0. The number of hydrogen-bond donors (Lipinski definition) is 0. The second kappa shape index (κ2) is 44.1. The number of esters is 1. The van der Waals surface area contributed by atoms with Crippen molar-refractivity contribution in [2.75, 3.05) is 54.1 Å². The molecule has 0 bridgehead atoms. The lowest BCUT2D eigenvalue weighted by Crippen LogP contribution is -2.37. The van der Waals surface area contributed by atoms with Gasteiger partial charge in [0.1, 0.15) is 19.3 Å². The smallest absolute Gasteiger partial charge is 0.306 e. The first kappa shape index (κ1) is 58.5. The predicted octanol–water partition coefficient (Wildman–Crippen LogP) is 14.5. The van der Waals surface area contributed by atoms with Crippen molar-refractivity contribution < 1.29 is 37.3 Å². The van der Waals surface area contributed by atoms with Crippen LogP contribution in [-0.2, 0) is 27.9 Å². The largest absolute Gasteiger partial charge is 0.756 e. The Bertz CT molecular complexity index is 1100. The van der Waals surface area contributed by atoms with Crippen LogP contribution < -0.4 is 4.89 Å². The summed E-state index contributed by atoms with van der Waals surface area (Å²) < 4.78 is 34.7. The van der Waals surface area contributed by atoms with Gasteiger partial charge in [0.05, 0.1) is 34.4 Å². The molecule has 0 heterocycles. The molecule has 2 atom stereocenters. The van der Waals surface area contributed by atoms with Crippen molar-refractivity contribution in [3.63, 3.8) is 0 Å². The standard InChI is InChI=1S/C51H96NO7P/c1-6-8-10-12-14-16-18-20-22-24-25-26-27-29-31-33-35-37-39-41-43-46-56-48-50(49-58-60(54,55)57-47-45-52(3,4)5)59-51(53)44-42-40-38-36-34-32-30-28-23-21-19-17-15-13-11-9-7-2/h9,11,15,17,21,23,30,32,50H,6-8,10,12-14,16,18-20,22,24-29,31,33-49H2,1-5H3/b11-9-,17-15-,23-21-,32-30-. The lowest BCUT2D eigenvalue weighted by Gasteiger charge is -2.28. The van der Waals surface area contributed by atoms with E-state index in [0.717, 1.165) is 70.6 Å². The summed E-state index contributed by atoms with van der Waals surface area (Å²) in [6, 6.07) is 0. The molecule has 0 spiro atoms. The number of quaternary nitrogens is 1. The van der Waals surface area contributed by atoms with Gasteiger partial charge in [0.15, 0.2) is 0 Å². The maximum atomic E-state index is 12.7. The molecule has 0 aliphatic rings. The van der Waals surface area contributed by atoms with E-state index in [1.807, 2.05) is 21.1 Å². The molecule has 0 saturated heterocycles. The average molecular weight is 866 g/mol. The van der Waals surface area contributed by atoms with Crippen molar-refractivity contribution in [1.82, 2.24) is 0 Å². The molecule has 0 amide bonds. The van der Waals surface area contributed by atoms with Gasteiger partial charge in [-0.1, -0.05) is 204 Å². The van der Waals surface area contributed by atoms with Gasteiger partial charge < -0.3 is 27.9 Å². The topological polar surface area (TPSA) is 94.1 Å². The zero-order chi connectivity index (χ0) is 44.1. The molecule has 0 aliphatic carbocycles. The highest BCUT2D eigenvalue weighted by molar-refractivity contribution is 7.45. The van der Waals surface area contributed by atoms with Crippen LogP contribution in [0, 0.1) is 0 Å². The van der Waals surface area contributed by atoms with Crippen molar-refractivity contribution in [3.8, 4) is 0 Å². The molecule has 0 aliphatic heterocycles. The number of phosphoric ester groups is 1. The van der Waals surface area contributed by atoms with E-state index in [1.54, 1.807) is 0 Å². The van der Waals surface area contributed by atoms with Crippen molar-refractivity contribution in [3.05, 3.63) is 48.6 Å². The molecule has 0 aromatic carbocycles. The molecule has 60 heavy (non-hydrogen) atoms. The van der Waals surface area contributed by atoms with Crippen LogP contribution in [-0.4, -0.2) is 70.7 Å². The Morgan fingerprint density at radius 2 is 0.967 bits per heavy atom. The number of likely N-dealkylation sites (N-methyl/N-ethyl adjacent to an activating group) is 1. The van der Waals surface area contributed by atoms with E-state index in [4.69, 9.17) is 18.5 Å². The highest BCUT2D eigenvalue weighted by Gasteiger charge is 2.20. The second-order valence-electron chi connectivity index (χ2n) is 17.8. The quantitative estimate of drug-likeness (QED) is 0.0198. The molecule has 2 unspecified atom stereocenters. The Balaban J connectivity index is 4.17. The van der Waals surface area contributed by atoms with E-state index in [-0.39, 0.29) is 32.2 Å². The number of unbranched alkanes of at least 4 members (excludes halogenated alkanes) is 24. The van der Waals surface area contributed by atoms with Gasteiger partial charge in [0.25, 0.3) is 7.82 Å². The molecule has 0 N–H and O–H groups in total. The van der Waals surface area contributed by atoms with Crippen LogP contribution in [0.1, 0.15) is 213 Å². The Morgan fingerprint density at radius 1 is 0.533 bits per heavy atom. The van der Waals surface area contributed by atoms with E-state index < -0.39 is 13.9 Å². The van der Waals surface area contributed by atoms with Gasteiger partial charge in [0, 0.05) is 13.0 Å². The van der Waals surface area contributed by atoms with Crippen molar-refractivity contribution in [2.45, 2.75) is 219 Å². The van der Waals surface area contributed by atoms with Gasteiger partial charge in [-0.25, -0.2) is 0 Å². The fourth-order valence-corrected chi connectivity index (χ4v) is 7.56. The fraction of sp³-hybridized carbons (Fsp3) is 0.824. The maximum Gasteiger partial charge on any atom is 0.306 e. The normalized spacial score (nSPS) is 14.0. The first-order valence-corrected chi connectivity index (χ1v) is 26.3. The van der Waals surface area contributed by atoms with Gasteiger partial charge in [-0.3, -0.25) is 9.36 Å². The summed E-state index contributed by atoms with van der Waals surface area (Å²) >= 11 is 0. The number of ether oxygens (including phenoxy) is 2. The minimum absolute atomic E-state index is 0.0208. The summed E-state index contributed by atoms with van der Waals surface area (Å²) in [5.74, 6) is -0.355. The van der Waals surface area contributed by atoms with Gasteiger partial charge in [-0.05, 0) is 51.4 Å². The van der Waals surface area contributed by atoms with Gasteiger partial charge in [-0.2, -0.15) is 0 Å². The molecule has 0 radical (unpaired) electrons. The summed E-state index contributed by atoms with van der Waals surface area (Å²) in [5, 5.41) is 0. The molecule has 0 aromatic heterocycles. The number of nitrogens with zero attached hydrogens (tertiary/aromatic N) is 1. The van der Waals surface area contributed by atoms with E-state index >= 15 is 0 Å². The van der Waals surface area contributed by atoms with Crippen molar-refractivity contribution in [2.24, 2.45) is 0 Å². The molecule has 0 saturated carbocycles. The summed E-state index contributed by atoms with van der Waals surface area (Å²) in [6.45, 7) is 5.29. The molecule has 9 heteroatoms. The minimum atomic E-state index is -4.54. The van der Waals surface area contributed by atoms with Gasteiger partial charge in [0.2, 0.25) is 0 Å². The first-order valence-electron chi connectivity index (χ1n) is 24.9. The lowest BCUT2D eigenvalue weighted by molar-refractivity contribution is -0.870. The zero-order valence-corrected chi connectivity index (χ0v) is 40.8. The molecule has 0 fully saturated rings. The second-order valence-corrected chi connectivity index (χ2v) is 19.2. The Morgan fingerprint density at radius 3 is 1.45 bits per heavy atom. The molecular weight excluding hydrogens is 770 g/mol. The van der Waals surface area contributed by atoms with E-state index in [1.165, 1.54) is 122 Å². The number of carbonyl (C=O) groups is 1. The third-order valence-electron chi connectivity index (χ3n) is 10.6. The van der Waals surface area contributed by atoms with E-state index in [2.05, 4.69) is 62.5 Å². The molecule has 8 nitrogen and oxygen atoms in total. The molecule has 352 valence electrons. The van der Waals surface area contributed by atoms with Crippen LogP contribution in [0.5, 0.6) is 0 Å². The van der Waals surface area contributed by atoms with Crippen LogP contribution in [0.15, 0.2) is 48.6 Å². The minimum Gasteiger partial charge on any atom is -0.756 e. The van der Waals surface area contributed by atoms with Crippen molar-refractivity contribution >= 4 is 13.8 Å². The van der Waals surface area contributed by atoms with Crippen LogP contribution in [0.2, 0.25) is 0 Å². The van der Waals surface area contributed by atoms with E-state index in [9.17, 15) is 14.3 Å². The molecular formula is C51H96NO7P. The van der Waals surface area contributed by atoms with Crippen LogP contribution in [0.4, 0.5) is 0 Å². The van der Waals surface area contributed by atoms with Crippen LogP contribution in [0.25, 0.3) is 0 Å². The van der Waals surface area contributed by atoms with Gasteiger partial charge >= 0.3 is 5.97 Å². The SMILES string of the molecule is CC/C=C\C/C=C\C/C=C\C/C=C\CCCCCCC(=O)OC(COCCCCCCCCCCCCCCCCCCCCCCC)COP(=O)([O-])OCC[N+](C)(C)C. The average Bonchev–Trinajstić information content (AvgIpc) is 3.20. The first-order chi connectivity index (χ1) is 29.1. The zero-order valence-electron chi connectivity index (χ0n) is 39.9. The monoisotopic (exact) mass is 866 g/mol. The van der Waals surface area contributed by atoms with Gasteiger partial charge in [-0.15, -0.1) is 0 Å². The lowest BCUT2D eigenvalue weighted by atomic mass is 10.0. The third kappa shape index (κ3) is 47.5. The highest BCUT2D eigenvalue weighted by atomic mass is 31.2. The van der Waals surface area contributed by atoms with Crippen LogP contribution >= 0.6 is 7.82 Å². The summed E-state index contributed by atoms with van der Waals surface area (Å²) in [4.78, 5) is 25.1. The highest BCUT2D eigenvalue weighted by Crippen LogP contribution is 2.38. The summed E-state index contributed by atoms with van der Waals surface area (Å²) in [7, 11) is 1.34. The van der Waals surface area contributed by atoms with E-state index in [0.29, 0.717) is 17.6 Å². The molecule has 0 rings (SSSR count). The number of carbonyl (C=O) groups excluding carboxylic acids is 1. The predicted molar refractivity (Wildman–Crippen MR) is 254 cm³/mol. The number of rotatable bonds is 46. The number of hydrogen-bond acceptors (Lipinski definition) is 7. The fourth-order valence-electron chi connectivity index (χ4n) is 6.83. The molecule has 0 aromatic rings. The Labute approximate surface area is 371 Å². The van der Waals surface area contributed by atoms with Crippen molar-refractivity contribution in [1.29, 1.82) is 0 Å². The Kier molecular flexibility index (Phi) is 43.0. The number of allylic oxidation sites excluding steroid dienone is 8.